The Balaban J connectivity index is 1.71. The van der Waals surface area contributed by atoms with E-state index in [2.05, 4.69) is 0 Å². The molecule has 0 bridgehead atoms. The quantitative estimate of drug-likeness (QED) is 0.296. The maximum atomic E-state index is 12.9. The lowest BCUT2D eigenvalue weighted by Gasteiger charge is -2.43. The molecule has 2 aliphatic heterocycles. The molecule has 3 rings (SSSR count). The number of hydrogen-bond donors (Lipinski definition) is 5. The van der Waals surface area contributed by atoms with Crippen LogP contribution in [0, 0.1) is 5.92 Å². The molecule has 5 N–H and O–H groups in total. The van der Waals surface area contributed by atoms with E-state index >= 15 is 0 Å². The zero-order valence-electron chi connectivity index (χ0n) is 18.2. The van der Waals surface area contributed by atoms with Crippen LogP contribution in [0.3, 0.4) is 0 Å². The molecule has 0 aromatic carbocycles. The Bertz CT molecular complexity index is 837. The number of Topliss-reactive ketones (excluding diaryl/α,β-unsaturated/α-hetero) is 1. The van der Waals surface area contributed by atoms with Gasteiger partial charge in [0.2, 0.25) is 0 Å². The Kier molecular flexibility index (Phi) is 7.40. The molecule has 1 fully saturated rings. The van der Waals surface area contributed by atoms with E-state index in [9.17, 15) is 35.1 Å². The van der Waals surface area contributed by atoms with Crippen LogP contribution in [-0.4, -0.2) is 90.9 Å². The summed E-state index contributed by atoms with van der Waals surface area (Å²) in [5, 5.41) is 50.5. The standard InChI is InChI=1S/C21H31NO10/c1-10(2)21(29,11(3)31-19-18(27)17(26)16(25)14(8-23)32-19)20(28)30-9-12-4-6-22-7-5-13(24)15(12)22/h4,6,10-11,14,16-19,23,25-27,29H,5,7-9H2,1-3H3/t11-,14+,16+,17-,18+,19+,21-/m0/s1. The van der Waals surface area contributed by atoms with E-state index in [1.807, 2.05) is 0 Å². The zero-order chi connectivity index (χ0) is 23.8. The number of ketones is 1. The second-order valence-electron chi connectivity index (χ2n) is 8.59. The molecule has 0 amide bonds. The van der Waals surface area contributed by atoms with Crippen molar-refractivity contribution in [2.24, 2.45) is 5.92 Å². The fourth-order valence-electron chi connectivity index (χ4n) is 4.12. The van der Waals surface area contributed by atoms with Gasteiger partial charge < -0.3 is 44.3 Å². The minimum absolute atomic E-state index is 0.0421. The monoisotopic (exact) mass is 457 g/mol. The van der Waals surface area contributed by atoms with Gasteiger partial charge in [0.15, 0.2) is 17.7 Å². The SMILES string of the molecule is CC(C)[C@@](O)(C(=O)OCc1ccn2c1C(=O)CC2)[C@H](C)O[C@@H]1O[C@H](CO)[C@@H](O)[C@H](O)[C@H]1O. The minimum Gasteiger partial charge on any atom is -0.459 e. The summed E-state index contributed by atoms with van der Waals surface area (Å²) in [4.78, 5) is 24.9. The summed E-state index contributed by atoms with van der Waals surface area (Å²) in [5.41, 5.74) is -1.14. The minimum atomic E-state index is -2.16. The summed E-state index contributed by atoms with van der Waals surface area (Å²) in [5.74, 6) is -1.72. The number of hydrogen-bond acceptors (Lipinski definition) is 10. The van der Waals surface area contributed by atoms with E-state index in [1.165, 1.54) is 6.92 Å². The Hall–Kier alpha value is -1.86. The van der Waals surface area contributed by atoms with Gasteiger partial charge in [-0.3, -0.25) is 4.79 Å². The fourth-order valence-corrected chi connectivity index (χ4v) is 4.12. The predicted molar refractivity (Wildman–Crippen MR) is 107 cm³/mol. The zero-order valence-corrected chi connectivity index (χ0v) is 18.2. The summed E-state index contributed by atoms with van der Waals surface area (Å²) in [6.07, 6.45) is -6.77. The van der Waals surface area contributed by atoms with Crippen molar-refractivity contribution in [3.63, 3.8) is 0 Å². The Labute approximate surface area is 185 Å². The third-order valence-electron chi connectivity index (χ3n) is 6.26. The first-order valence-electron chi connectivity index (χ1n) is 10.6. The fraction of sp³-hybridized carbons (Fsp3) is 0.714. The maximum absolute atomic E-state index is 12.9. The van der Waals surface area contributed by atoms with Crippen molar-refractivity contribution < 1.29 is 49.3 Å². The van der Waals surface area contributed by atoms with Crippen molar-refractivity contribution in [2.45, 2.75) is 82.8 Å². The molecule has 1 aromatic heterocycles. The van der Waals surface area contributed by atoms with Crippen LogP contribution in [0.5, 0.6) is 0 Å². The number of aromatic nitrogens is 1. The smallest absolute Gasteiger partial charge is 0.341 e. The van der Waals surface area contributed by atoms with Crippen molar-refractivity contribution in [1.29, 1.82) is 0 Å². The molecule has 11 nitrogen and oxygen atoms in total. The molecule has 1 aromatic rings. The van der Waals surface area contributed by atoms with E-state index in [0.717, 1.165) is 0 Å². The molecule has 0 aliphatic carbocycles. The first-order chi connectivity index (χ1) is 15.0. The van der Waals surface area contributed by atoms with Crippen molar-refractivity contribution in [1.82, 2.24) is 4.57 Å². The molecule has 7 atom stereocenters. The lowest BCUT2D eigenvalue weighted by molar-refractivity contribution is -0.322. The number of esters is 1. The van der Waals surface area contributed by atoms with Gasteiger partial charge in [0.25, 0.3) is 0 Å². The van der Waals surface area contributed by atoms with Crippen LogP contribution in [0.25, 0.3) is 0 Å². The lowest BCUT2D eigenvalue weighted by atomic mass is 9.85. The number of carbonyl (C=O) groups is 2. The van der Waals surface area contributed by atoms with Gasteiger partial charge >= 0.3 is 5.97 Å². The van der Waals surface area contributed by atoms with E-state index in [0.29, 0.717) is 24.2 Å². The van der Waals surface area contributed by atoms with E-state index in [4.69, 9.17) is 14.2 Å². The highest BCUT2D eigenvalue weighted by Crippen LogP contribution is 2.31. The highest BCUT2D eigenvalue weighted by Gasteiger charge is 2.51. The maximum Gasteiger partial charge on any atom is 0.341 e. The first kappa shape index (κ1) is 24.8. The molecule has 0 unspecified atom stereocenters. The molecule has 2 aliphatic rings. The number of aliphatic hydroxyl groups excluding tert-OH is 4. The largest absolute Gasteiger partial charge is 0.459 e. The molecule has 0 saturated carbocycles. The van der Waals surface area contributed by atoms with Crippen LogP contribution in [0.15, 0.2) is 12.3 Å². The number of aryl methyl sites for hydroxylation is 1. The molecule has 0 spiro atoms. The van der Waals surface area contributed by atoms with Crippen LogP contribution in [0.1, 0.15) is 43.2 Å². The number of fused-ring (bicyclic) bond motifs is 1. The van der Waals surface area contributed by atoms with Gasteiger partial charge in [0.05, 0.1) is 18.4 Å². The third-order valence-corrected chi connectivity index (χ3v) is 6.26. The van der Waals surface area contributed by atoms with Gasteiger partial charge in [-0.15, -0.1) is 0 Å². The van der Waals surface area contributed by atoms with Gasteiger partial charge in [-0.05, 0) is 18.9 Å². The number of nitrogens with zero attached hydrogens (tertiary/aromatic N) is 1. The van der Waals surface area contributed by atoms with Crippen molar-refractivity contribution in [2.75, 3.05) is 6.61 Å². The van der Waals surface area contributed by atoms with Crippen LogP contribution in [0.4, 0.5) is 0 Å². The van der Waals surface area contributed by atoms with Crippen molar-refractivity contribution in [3.05, 3.63) is 23.5 Å². The molecule has 0 radical (unpaired) electrons. The molecular weight excluding hydrogens is 426 g/mol. The summed E-state index contributed by atoms with van der Waals surface area (Å²) in [7, 11) is 0. The van der Waals surface area contributed by atoms with Gasteiger partial charge in [0, 0.05) is 24.7 Å². The van der Waals surface area contributed by atoms with Crippen LogP contribution in [0.2, 0.25) is 0 Å². The van der Waals surface area contributed by atoms with Crippen LogP contribution in [-0.2, 0) is 32.2 Å². The highest BCUT2D eigenvalue weighted by molar-refractivity contribution is 5.97. The first-order valence-corrected chi connectivity index (χ1v) is 10.6. The molecular formula is C21H31NO10. The van der Waals surface area contributed by atoms with Gasteiger partial charge in [0.1, 0.15) is 31.0 Å². The Morgan fingerprint density at radius 2 is 1.94 bits per heavy atom. The number of aliphatic hydroxyl groups is 5. The van der Waals surface area contributed by atoms with E-state index in [-0.39, 0.29) is 12.4 Å². The second kappa shape index (κ2) is 9.56. The van der Waals surface area contributed by atoms with Crippen LogP contribution < -0.4 is 0 Å². The van der Waals surface area contributed by atoms with Gasteiger partial charge in [-0.1, -0.05) is 13.8 Å². The number of carbonyl (C=O) groups excluding carboxylic acids is 2. The summed E-state index contributed by atoms with van der Waals surface area (Å²) >= 11 is 0. The lowest BCUT2D eigenvalue weighted by Crippen LogP contribution is -2.62. The van der Waals surface area contributed by atoms with Crippen LogP contribution >= 0.6 is 0 Å². The average molecular weight is 457 g/mol. The number of rotatable bonds is 8. The Morgan fingerprint density at radius 3 is 2.56 bits per heavy atom. The number of ether oxygens (including phenoxy) is 3. The van der Waals surface area contributed by atoms with Crippen molar-refractivity contribution in [3.8, 4) is 0 Å². The van der Waals surface area contributed by atoms with E-state index < -0.39 is 60.9 Å². The molecule has 11 heteroatoms. The summed E-state index contributed by atoms with van der Waals surface area (Å²) in [6.45, 7) is 4.25. The predicted octanol–water partition coefficient (Wildman–Crippen LogP) is -1.29. The molecule has 180 valence electrons. The molecule has 1 saturated heterocycles. The highest BCUT2D eigenvalue weighted by atomic mass is 16.7. The normalized spacial score (nSPS) is 30.8. The third kappa shape index (κ3) is 4.34. The van der Waals surface area contributed by atoms with Gasteiger partial charge in [-0.2, -0.15) is 0 Å². The summed E-state index contributed by atoms with van der Waals surface area (Å²) < 4.78 is 18.0. The molecule has 3 heterocycles. The van der Waals surface area contributed by atoms with E-state index in [1.54, 1.807) is 30.7 Å². The van der Waals surface area contributed by atoms with Crippen molar-refractivity contribution >= 4 is 11.8 Å². The topological polar surface area (TPSA) is 168 Å². The molecule has 32 heavy (non-hydrogen) atoms. The Morgan fingerprint density at radius 1 is 1.25 bits per heavy atom. The van der Waals surface area contributed by atoms with Gasteiger partial charge in [-0.25, -0.2) is 4.79 Å². The average Bonchev–Trinajstić information content (AvgIpc) is 3.34. The summed E-state index contributed by atoms with van der Waals surface area (Å²) in [6, 6.07) is 1.68. The second-order valence-corrected chi connectivity index (χ2v) is 8.59.